The van der Waals surface area contributed by atoms with Crippen molar-refractivity contribution in [3.63, 3.8) is 0 Å². The SMILES string of the molecule is COC(=O)Cc1ccc(CSC(CNS(=O)(=O)c2ccc(Cl)cc2)c2cccc(/C=C/c3ccc4ccc(Cl)cc4n3)c2)cc1. The van der Waals surface area contributed by atoms with Crippen LogP contribution in [0, 0.1) is 0 Å². The average Bonchev–Trinajstić information content (AvgIpc) is 3.04. The lowest BCUT2D eigenvalue weighted by atomic mass is 10.1. The van der Waals surface area contributed by atoms with Crippen LogP contribution in [-0.4, -0.2) is 33.0 Å². The van der Waals surface area contributed by atoms with Gasteiger partial charge in [0, 0.05) is 33.0 Å². The van der Waals surface area contributed by atoms with E-state index in [0.29, 0.717) is 15.8 Å². The predicted molar refractivity (Wildman–Crippen MR) is 185 cm³/mol. The number of fused-ring (bicyclic) bond motifs is 1. The fraction of sp³-hybridized carbons (Fsp3) is 0.143. The van der Waals surface area contributed by atoms with E-state index in [1.54, 1.807) is 23.9 Å². The van der Waals surface area contributed by atoms with Crippen molar-refractivity contribution >= 4 is 74.0 Å². The number of ether oxygens (including phenoxy) is 1. The number of nitrogens with zero attached hydrogens (tertiary/aromatic N) is 1. The molecule has 0 aliphatic rings. The number of nitrogens with one attached hydrogen (secondary N) is 1. The monoisotopic (exact) mass is 676 g/mol. The first-order valence-electron chi connectivity index (χ1n) is 14.0. The number of benzene rings is 4. The summed E-state index contributed by atoms with van der Waals surface area (Å²) in [6.45, 7) is 0.177. The highest BCUT2D eigenvalue weighted by molar-refractivity contribution is 7.98. The minimum Gasteiger partial charge on any atom is -0.469 e. The first-order chi connectivity index (χ1) is 21.7. The van der Waals surface area contributed by atoms with Crippen LogP contribution in [0.3, 0.4) is 0 Å². The van der Waals surface area contributed by atoms with Crippen LogP contribution in [0.15, 0.2) is 108 Å². The molecule has 1 aromatic heterocycles. The minimum absolute atomic E-state index is 0.151. The van der Waals surface area contributed by atoms with Crippen LogP contribution < -0.4 is 4.72 Å². The molecule has 10 heteroatoms. The normalized spacial score (nSPS) is 12.4. The van der Waals surface area contributed by atoms with Gasteiger partial charge in [-0.1, -0.05) is 89.9 Å². The van der Waals surface area contributed by atoms with E-state index in [-0.39, 0.29) is 29.1 Å². The van der Waals surface area contributed by atoms with Crippen LogP contribution in [0.2, 0.25) is 10.0 Å². The second-order valence-electron chi connectivity index (χ2n) is 10.3. The summed E-state index contributed by atoms with van der Waals surface area (Å²) in [6, 6.07) is 31.5. The van der Waals surface area contributed by atoms with Gasteiger partial charge >= 0.3 is 5.97 Å². The Morgan fingerprint density at radius 3 is 2.36 bits per heavy atom. The third kappa shape index (κ3) is 9.19. The molecular formula is C35H30Cl2N2O4S2. The van der Waals surface area contributed by atoms with E-state index in [9.17, 15) is 13.2 Å². The Kier molecular flexibility index (Phi) is 11.0. The molecule has 0 amide bonds. The summed E-state index contributed by atoms with van der Waals surface area (Å²) in [7, 11) is -2.39. The molecule has 0 spiro atoms. The van der Waals surface area contributed by atoms with Crippen LogP contribution in [0.1, 0.15) is 33.2 Å². The van der Waals surface area contributed by atoms with Crippen LogP contribution in [0.4, 0.5) is 0 Å². The van der Waals surface area contributed by atoms with Gasteiger partial charge in [0.1, 0.15) is 0 Å². The van der Waals surface area contributed by atoms with Crippen molar-refractivity contribution in [1.29, 1.82) is 0 Å². The second kappa shape index (κ2) is 15.1. The summed E-state index contributed by atoms with van der Waals surface area (Å²) in [6.07, 6.45) is 4.14. The molecule has 45 heavy (non-hydrogen) atoms. The van der Waals surface area contributed by atoms with Crippen molar-refractivity contribution in [3.05, 3.63) is 141 Å². The van der Waals surface area contributed by atoms with Crippen LogP contribution in [0.5, 0.6) is 0 Å². The van der Waals surface area contributed by atoms with Gasteiger partial charge in [-0.25, -0.2) is 18.1 Å². The number of aromatic nitrogens is 1. The van der Waals surface area contributed by atoms with Gasteiger partial charge in [0.05, 0.1) is 29.6 Å². The lowest BCUT2D eigenvalue weighted by molar-refractivity contribution is -0.139. The Morgan fingerprint density at radius 2 is 1.60 bits per heavy atom. The highest BCUT2D eigenvalue weighted by Crippen LogP contribution is 2.33. The summed E-state index contributed by atoms with van der Waals surface area (Å²) in [5, 5.41) is 1.91. The lowest BCUT2D eigenvalue weighted by Gasteiger charge is -2.19. The largest absolute Gasteiger partial charge is 0.469 e. The third-order valence-electron chi connectivity index (χ3n) is 7.04. The maximum atomic E-state index is 13.1. The fourth-order valence-electron chi connectivity index (χ4n) is 4.59. The van der Waals surface area contributed by atoms with E-state index >= 15 is 0 Å². The zero-order valence-corrected chi connectivity index (χ0v) is 27.5. The Bertz CT molecular complexity index is 1930. The summed E-state index contributed by atoms with van der Waals surface area (Å²) >= 11 is 13.7. The van der Waals surface area contributed by atoms with Gasteiger partial charge < -0.3 is 4.74 Å². The van der Waals surface area contributed by atoms with E-state index in [4.69, 9.17) is 32.9 Å². The fourth-order valence-corrected chi connectivity index (χ4v) is 7.16. The van der Waals surface area contributed by atoms with Gasteiger partial charge in [-0.05, 0) is 70.8 Å². The number of hydrogen-bond acceptors (Lipinski definition) is 6. The van der Waals surface area contributed by atoms with Crippen molar-refractivity contribution in [1.82, 2.24) is 9.71 Å². The average molecular weight is 678 g/mol. The van der Waals surface area contributed by atoms with Crippen molar-refractivity contribution < 1.29 is 17.9 Å². The summed E-state index contributed by atoms with van der Waals surface area (Å²) in [4.78, 5) is 16.5. The molecule has 230 valence electrons. The van der Waals surface area contributed by atoms with Crippen molar-refractivity contribution in [2.75, 3.05) is 13.7 Å². The van der Waals surface area contributed by atoms with E-state index in [2.05, 4.69) is 10.8 Å². The third-order valence-corrected chi connectivity index (χ3v) is 10.3. The highest BCUT2D eigenvalue weighted by atomic mass is 35.5. The van der Waals surface area contributed by atoms with Gasteiger partial charge in [-0.3, -0.25) is 4.79 Å². The Morgan fingerprint density at radius 1 is 0.889 bits per heavy atom. The Labute approximate surface area is 277 Å². The predicted octanol–water partition coefficient (Wildman–Crippen LogP) is 8.38. The maximum absolute atomic E-state index is 13.1. The summed E-state index contributed by atoms with van der Waals surface area (Å²) in [5.41, 5.74) is 5.47. The number of sulfonamides is 1. The molecule has 4 aromatic carbocycles. The molecule has 0 aliphatic heterocycles. The number of esters is 1. The van der Waals surface area contributed by atoms with Crippen molar-refractivity contribution in [3.8, 4) is 0 Å². The molecule has 5 rings (SSSR count). The van der Waals surface area contributed by atoms with Gasteiger partial charge in [0.2, 0.25) is 10.0 Å². The number of halogens is 2. The standard InChI is InChI=1S/C35H30Cl2N2O4S2/c1-43-35(40)20-25-5-7-26(8-6-25)23-44-34(22-38-45(41,42)32-17-13-29(36)14-18-32)28-4-2-3-24(19-28)9-15-31-16-11-27-10-12-30(37)21-33(27)39-31/h2-19,21,34,38H,20,22-23H2,1H3/b15-9+. The quantitative estimate of drug-likeness (QED) is 0.134. The van der Waals surface area contributed by atoms with Crippen LogP contribution >= 0.6 is 35.0 Å². The Hall–Kier alpha value is -3.66. The number of pyridine rings is 1. The first-order valence-corrected chi connectivity index (χ1v) is 17.3. The molecule has 1 atom stereocenters. The molecule has 0 bridgehead atoms. The first kappa shape index (κ1) is 32.7. The number of carbonyl (C=O) groups excluding carboxylic acids is 1. The van der Waals surface area contributed by atoms with Crippen molar-refractivity contribution in [2.45, 2.75) is 22.3 Å². The number of carbonyl (C=O) groups is 1. The molecule has 5 aromatic rings. The van der Waals surface area contributed by atoms with Gasteiger partial charge in [-0.2, -0.15) is 0 Å². The molecule has 0 aliphatic carbocycles. The lowest BCUT2D eigenvalue weighted by Crippen LogP contribution is -2.27. The molecular weight excluding hydrogens is 647 g/mol. The minimum atomic E-state index is -3.76. The van der Waals surface area contributed by atoms with E-state index < -0.39 is 10.0 Å². The molecule has 0 radical (unpaired) electrons. The molecule has 1 heterocycles. The Balaban J connectivity index is 1.35. The summed E-state index contributed by atoms with van der Waals surface area (Å²) in [5.74, 6) is 0.343. The van der Waals surface area contributed by atoms with Gasteiger partial charge in [-0.15, -0.1) is 11.8 Å². The molecule has 0 saturated carbocycles. The smallest absolute Gasteiger partial charge is 0.309 e. The molecule has 1 N–H and O–H groups in total. The van der Waals surface area contributed by atoms with Gasteiger partial charge in [0.15, 0.2) is 0 Å². The van der Waals surface area contributed by atoms with Gasteiger partial charge in [0.25, 0.3) is 0 Å². The molecule has 6 nitrogen and oxygen atoms in total. The van der Waals surface area contributed by atoms with E-state index in [1.165, 1.54) is 19.2 Å². The summed E-state index contributed by atoms with van der Waals surface area (Å²) < 4.78 is 33.8. The van der Waals surface area contributed by atoms with E-state index in [1.807, 2.05) is 84.9 Å². The van der Waals surface area contributed by atoms with E-state index in [0.717, 1.165) is 38.9 Å². The van der Waals surface area contributed by atoms with Crippen molar-refractivity contribution in [2.24, 2.45) is 0 Å². The molecule has 0 fully saturated rings. The zero-order chi connectivity index (χ0) is 31.8. The zero-order valence-electron chi connectivity index (χ0n) is 24.3. The molecule has 0 saturated heterocycles. The topological polar surface area (TPSA) is 85.4 Å². The molecule has 1 unspecified atom stereocenters. The highest BCUT2D eigenvalue weighted by Gasteiger charge is 2.19. The second-order valence-corrected chi connectivity index (χ2v) is 14.1. The van der Waals surface area contributed by atoms with Crippen LogP contribution in [0.25, 0.3) is 23.1 Å². The van der Waals surface area contributed by atoms with Crippen LogP contribution in [-0.2, 0) is 31.7 Å². The number of thioether (sulfide) groups is 1. The number of methoxy groups -OCH3 is 1. The number of rotatable bonds is 12. The maximum Gasteiger partial charge on any atom is 0.309 e. The number of hydrogen-bond donors (Lipinski definition) is 1.